The lowest BCUT2D eigenvalue weighted by molar-refractivity contribution is 0.293. The number of sulfonamides is 1. The van der Waals surface area contributed by atoms with E-state index in [-0.39, 0.29) is 10.9 Å². The smallest absolute Gasteiger partial charge is 0.246 e. The summed E-state index contributed by atoms with van der Waals surface area (Å²) in [5, 5.41) is 7.05. The van der Waals surface area contributed by atoms with Crippen molar-refractivity contribution >= 4 is 10.0 Å². The van der Waals surface area contributed by atoms with Crippen LogP contribution in [0, 0.1) is 0 Å². The number of aryl methyl sites for hydroxylation is 1. The molecule has 0 amide bonds. The Labute approximate surface area is 102 Å². The second kappa shape index (κ2) is 4.75. The second-order valence-electron chi connectivity index (χ2n) is 4.34. The lowest BCUT2D eigenvalue weighted by Crippen LogP contribution is -2.46. The number of piperidine rings is 1. The molecule has 0 aromatic carbocycles. The molecule has 0 aliphatic carbocycles. The molecule has 6 nitrogen and oxygen atoms in total. The minimum Gasteiger partial charge on any atom is -0.316 e. The van der Waals surface area contributed by atoms with Crippen LogP contribution < -0.4 is 5.32 Å². The summed E-state index contributed by atoms with van der Waals surface area (Å²) in [6, 6.07) is 0.246. The van der Waals surface area contributed by atoms with Gasteiger partial charge in [-0.3, -0.25) is 4.68 Å². The average molecular weight is 258 g/mol. The summed E-state index contributed by atoms with van der Waals surface area (Å²) in [5.74, 6) is 0. The molecule has 1 N–H and O–H groups in total. The van der Waals surface area contributed by atoms with Gasteiger partial charge in [-0.15, -0.1) is 0 Å². The van der Waals surface area contributed by atoms with Crippen LogP contribution in [0.15, 0.2) is 17.3 Å². The van der Waals surface area contributed by atoms with Crippen molar-refractivity contribution in [1.82, 2.24) is 19.4 Å². The molecule has 0 radical (unpaired) electrons. The SMILES string of the molecule is CNC1CCCN(S(=O)(=O)c2cnn(C)c2)C1. The fraction of sp³-hybridized carbons (Fsp3) is 0.700. The first-order chi connectivity index (χ1) is 8.04. The molecule has 1 atom stereocenters. The Bertz CT molecular complexity index is 482. The number of rotatable bonds is 3. The monoisotopic (exact) mass is 258 g/mol. The van der Waals surface area contributed by atoms with E-state index in [1.165, 1.54) is 15.2 Å². The highest BCUT2D eigenvalue weighted by atomic mass is 32.2. The number of hydrogen-bond acceptors (Lipinski definition) is 4. The molecule has 1 aliphatic heterocycles. The van der Waals surface area contributed by atoms with Gasteiger partial charge < -0.3 is 5.32 Å². The minimum absolute atomic E-state index is 0.246. The average Bonchev–Trinajstić information content (AvgIpc) is 2.76. The second-order valence-corrected chi connectivity index (χ2v) is 6.28. The van der Waals surface area contributed by atoms with Gasteiger partial charge in [0.1, 0.15) is 4.90 Å². The maximum absolute atomic E-state index is 12.3. The summed E-state index contributed by atoms with van der Waals surface area (Å²) in [7, 11) is 0.206. The summed E-state index contributed by atoms with van der Waals surface area (Å²) < 4.78 is 27.7. The molecule has 1 aromatic rings. The van der Waals surface area contributed by atoms with E-state index in [1.807, 2.05) is 7.05 Å². The first kappa shape index (κ1) is 12.5. The number of hydrogen-bond donors (Lipinski definition) is 1. The predicted octanol–water partition coefficient (Wildman–Crippen LogP) is -0.207. The van der Waals surface area contributed by atoms with Crippen LogP contribution >= 0.6 is 0 Å². The van der Waals surface area contributed by atoms with Crippen molar-refractivity contribution in [2.24, 2.45) is 7.05 Å². The molecule has 0 spiro atoms. The fourth-order valence-corrected chi connectivity index (χ4v) is 3.59. The van der Waals surface area contributed by atoms with Crippen LogP contribution in [0.1, 0.15) is 12.8 Å². The van der Waals surface area contributed by atoms with Crippen molar-refractivity contribution in [3.63, 3.8) is 0 Å². The van der Waals surface area contributed by atoms with Gasteiger partial charge in [0, 0.05) is 32.4 Å². The van der Waals surface area contributed by atoms with Gasteiger partial charge in [0.05, 0.1) is 6.20 Å². The van der Waals surface area contributed by atoms with Gasteiger partial charge >= 0.3 is 0 Å². The molecule has 1 aliphatic rings. The Hall–Kier alpha value is -0.920. The quantitative estimate of drug-likeness (QED) is 0.815. The van der Waals surface area contributed by atoms with Crippen molar-refractivity contribution in [2.75, 3.05) is 20.1 Å². The van der Waals surface area contributed by atoms with Crippen molar-refractivity contribution < 1.29 is 8.42 Å². The van der Waals surface area contributed by atoms with E-state index in [4.69, 9.17) is 0 Å². The molecule has 7 heteroatoms. The van der Waals surface area contributed by atoms with Crippen LogP contribution in [0.3, 0.4) is 0 Å². The van der Waals surface area contributed by atoms with E-state index >= 15 is 0 Å². The number of nitrogens with zero attached hydrogens (tertiary/aromatic N) is 3. The highest BCUT2D eigenvalue weighted by molar-refractivity contribution is 7.89. The molecular formula is C10H18N4O2S. The molecule has 1 saturated heterocycles. The lowest BCUT2D eigenvalue weighted by atomic mass is 10.1. The van der Waals surface area contributed by atoms with Crippen LogP contribution in [0.5, 0.6) is 0 Å². The lowest BCUT2D eigenvalue weighted by Gasteiger charge is -2.31. The molecule has 1 unspecified atom stereocenters. The Morgan fingerprint density at radius 2 is 2.29 bits per heavy atom. The Morgan fingerprint density at radius 3 is 2.88 bits per heavy atom. The zero-order chi connectivity index (χ0) is 12.5. The van der Waals surface area contributed by atoms with Gasteiger partial charge in [-0.2, -0.15) is 9.40 Å². The van der Waals surface area contributed by atoms with Crippen LogP contribution in [0.4, 0.5) is 0 Å². The first-order valence-corrected chi connectivity index (χ1v) is 7.14. The van der Waals surface area contributed by atoms with Gasteiger partial charge in [0.2, 0.25) is 10.0 Å². The highest BCUT2D eigenvalue weighted by Gasteiger charge is 2.30. The molecule has 17 heavy (non-hydrogen) atoms. The van der Waals surface area contributed by atoms with Crippen LogP contribution in [-0.2, 0) is 17.1 Å². The third kappa shape index (κ3) is 2.51. The van der Waals surface area contributed by atoms with Crippen molar-refractivity contribution in [2.45, 2.75) is 23.8 Å². The van der Waals surface area contributed by atoms with E-state index in [1.54, 1.807) is 13.2 Å². The predicted molar refractivity (Wildman–Crippen MR) is 64.0 cm³/mol. The highest BCUT2D eigenvalue weighted by Crippen LogP contribution is 2.19. The number of likely N-dealkylation sites (N-methyl/N-ethyl adjacent to an activating group) is 1. The molecule has 2 heterocycles. The normalized spacial score (nSPS) is 22.8. The van der Waals surface area contributed by atoms with Gasteiger partial charge in [-0.05, 0) is 19.9 Å². The van der Waals surface area contributed by atoms with Crippen molar-refractivity contribution in [1.29, 1.82) is 0 Å². The molecule has 2 rings (SSSR count). The molecule has 1 fully saturated rings. The zero-order valence-electron chi connectivity index (χ0n) is 10.1. The summed E-state index contributed by atoms with van der Waals surface area (Å²) >= 11 is 0. The molecule has 0 bridgehead atoms. The Kier molecular flexibility index (Phi) is 3.50. The van der Waals surface area contributed by atoms with Gasteiger partial charge in [0.15, 0.2) is 0 Å². The van der Waals surface area contributed by atoms with Gasteiger partial charge in [-0.25, -0.2) is 8.42 Å². The van der Waals surface area contributed by atoms with Gasteiger partial charge in [-0.1, -0.05) is 0 Å². The maximum Gasteiger partial charge on any atom is 0.246 e. The van der Waals surface area contributed by atoms with Gasteiger partial charge in [0.25, 0.3) is 0 Å². The van der Waals surface area contributed by atoms with Crippen molar-refractivity contribution in [3.05, 3.63) is 12.4 Å². The maximum atomic E-state index is 12.3. The van der Waals surface area contributed by atoms with E-state index in [0.717, 1.165) is 12.8 Å². The standard InChI is InChI=1S/C10H18N4O2S/c1-11-9-4-3-5-14(7-9)17(15,16)10-6-12-13(2)8-10/h6,8-9,11H,3-5,7H2,1-2H3. The third-order valence-electron chi connectivity index (χ3n) is 3.11. The molecule has 1 aromatic heterocycles. The summed E-state index contributed by atoms with van der Waals surface area (Å²) in [6.07, 6.45) is 4.86. The van der Waals surface area contributed by atoms with E-state index < -0.39 is 10.0 Å². The molecular weight excluding hydrogens is 240 g/mol. The third-order valence-corrected chi connectivity index (χ3v) is 4.93. The van der Waals surface area contributed by atoms with Crippen LogP contribution in [0.2, 0.25) is 0 Å². The van der Waals surface area contributed by atoms with E-state index in [2.05, 4.69) is 10.4 Å². The number of aromatic nitrogens is 2. The fourth-order valence-electron chi connectivity index (χ4n) is 2.08. The van der Waals surface area contributed by atoms with Crippen LogP contribution in [-0.4, -0.2) is 48.7 Å². The first-order valence-electron chi connectivity index (χ1n) is 5.70. The zero-order valence-corrected chi connectivity index (χ0v) is 10.9. The van der Waals surface area contributed by atoms with Crippen LogP contribution in [0.25, 0.3) is 0 Å². The summed E-state index contributed by atoms with van der Waals surface area (Å²) in [6.45, 7) is 1.13. The Balaban J connectivity index is 2.21. The van der Waals surface area contributed by atoms with Crippen molar-refractivity contribution in [3.8, 4) is 0 Å². The Morgan fingerprint density at radius 1 is 1.53 bits per heavy atom. The summed E-state index contributed by atoms with van der Waals surface area (Å²) in [4.78, 5) is 0.275. The molecule has 96 valence electrons. The minimum atomic E-state index is -3.37. The number of nitrogens with one attached hydrogen (secondary N) is 1. The largest absolute Gasteiger partial charge is 0.316 e. The van der Waals surface area contributed by atoms with E-state index in [0.29, 0.717) is 13.1 Å². The topological polar surface area (TPSA) is 67.2 Å². The molecule has 0 saturated carbocycles. The van der Waals surface area contributed by atoms with E-state index in [9.17, 15) is 8.42 Å². The summed E-state index contributed by atoms with van der Waals surface area (Å²) in [5.41, 5.74) is 0.